The molecule has 13 heavy (non-hydrogen) atoms. The first-order chi connectivity index (χ1) is 6.27. The molecular formula is C10H14BrNO. The third kappa shape index (κ3) is 3.10. The number of hydrogen-bond acceptors (Lipinski definition) is 2. The maximum atomic E-state index is 9.13. The van der Waals surface area contributed by atoms with Gasteiger partial charge in [-0.1, -0.05) is 28.1 Å². The lowest BCUT2D eigenvalue weighted by atomic mass is 10.0. The summed E-state index contributed by atoms with van der Waals surface area (Å²) in [6.07, 6.45) is 0. The van der Waals surface area contributed by atoms with Crippen molar-refractivity contribution in [2.75, 3.05) is 20.2 Å². The summed E-state index contributed by atoms with van der Waals surface area (Å²) in [6.45, 7) is 0.987. The van der Waals surface area contributed by atoms with E-state index in [1.165, 1.54) is 5.56 Å². The number of halogens is 1. The molecule has 1 aromatic carbocycles. The van der Waals surface area contributed by atoms with E-state index in [4.69, 9.17) is 5.11 Å². The van der Waals surface area contributed by atoms with Crippen LogP contribution in [0.2, 0.25) is 0 Å². The fourth-order valence-electron chi connectivity index (χ4n) is 1.27. The highest BCUT2D eigenvalue weighted by Gasteiger charge is 2.08. The SMILES string of the molecule is CNCC(CO)c1ccc(Br)cc1. The molecule has 0 aliphatic carbocycles. The molecule has 0 radical (unpaired) electrons. The van der Waals surface area contributed by atoms with Crippen LogP contribution in [-0.2, 0) is 0 Å². The van der Waals surface area contributed by atoms with Crippen LogP contribution in [0.15, 0.2) is 28.7 Å². The van der Waals surface area contributed by atoms with Gasteiger partial charge in [-0.2, -0.15) is 0 Å². The Bertz CT molecular complexity index is 248. The van der Waals surface area contributed by atoms with Crippen LogP contribution >= 0.6 is 15.9 Å². The lowest BCUT2D eigenvalue weighted by Crippen LogP contribution is -2.19. The van der Waals surface area contributed by atoms with Crippen LogP contribution in [0.1, 0.15) is 11.5 Å². The maximum Gasteiger partial charge on any atom is 0.0511 e. The van der Waals surface area contributed by atoms with E-state index >= 15 is 0 Å². The molecule has 0 heterocycles. The molecule has 1 aromatic rings. The predicted octanol–water partition coefficient (Wildman–Crippen LogP) is 1.74. The molecular weight excluding hydrogens is 230 g/mol. The summed E-state index contributed by atoms with van der Waals surface area (Å²) >= 11 is 3.38. The highest BCUT2D eigenvalue weighted by atomic mass is 79.9. The van der Waals surface area contributed by atoms with Crippen LogP contribution in [-0.4, -0.2) is 25.3 Å². The minimum atomic E-state index is 0.183. The Morgan fingerprint density at radius 3 is 2.46 bits per heavy atom. The fraction of sp³-hybridized carbons (Fsp3) is 0.400. The highest BCUT2D eigenvalue weighted by molar-refractivity contribution is 9.10. The number of aliphatic hydroxyl groups excluding tert-OH is 1. The van der Waals surface area contributed by atoms with Crippen molar-refractivity contribution in [3.8, 4) is 0 Å². The van der Waals surface area contributed by atoms with Crippen molar-refractivity contribution in [3.63, 3.8) is 0 Å². The minimum absolute atomic E-state index is 0.183. The Kier molecular flexibility index (Phi) is 4.42. The van der Waals surface area contributed by atoms with Gasteiger partial charge in [0, 0.05) is 16.9 Å². The summed E-state index contributed by atoms with van der Waals surface area (Å²) in [5.41, 5.74) is 1.17. The van der Waals surface area contributed by atoms with Gasteiger partial charge in [-0.05, 0) is 24.7 Å². The molecule has 0 saturated carbocycles. The van der Waals surface area contributed by atoms with Gasteiger partial charge >= 0.3 is 0 Å². The molecule has 2 nitrogen and oxygen atoms in total. The molecule has 72 valence electrons. The number of benzene rings is 1. The second-order valence-electron chi connectivity index (χ2n) is 2.99. The average Bonchev–Trinajstić information content (AvgIpc) is 2.16. The molecule has 0 saturated heterocycles. The second kappa shape index (κ2) is 5.37. The monoisotopic (exact) mass is 243 g/mol. The number of rotatable bonds is 4. The molecule has 1 unspecified atom stereocenters. The maximum absolute atomic E-state index is 9.13. The third-order valence-corrected chi connectivity index (χ3v) is 2.54. The predicted molar refractivity (Wildman–Crippen MR) is 57.9 cm³/mol. The third-order valence-electron chi connectivity index (χ3n) is 2.01. The largest absolute Gasteiger partial charge is 0.396 e. The number of nitrogens with one attached hydrogen (secondary N) is 1. The molecule has 2 N–H and O–H groups in total. The van der Waals surface area contributed by atoms with Crippen molar-refractivity contribution in [3.05, 3.63) is 34.3 Å². The number of hydrogen-bond donors (Lipinski definition) is 2. The summed E-state index contributed by atoms with van der Waals surface area (Å²) < 4.78 is 1.07. The standard InChI is InChI=1S/C10H14BrNO/c1-12-6-9(7-13)8-2-4-10(11)5-3-8/h2-5,9,12-13H,6-7H2,1H3. The smallest absolute Gasteiger partial charge is 0.0511 e. The fourth-order valence-corrected chi connectivity index (χ4v) is 1.53. The van der Waals surface area contributed by atoms with Crippen LogP contribution in [0.5, 0.6) is 0 Å². The zero-order valence-corrected chi connectivity index (χ0v) is 9.21. The number of aliphatic hydroxyl groups is 1. The van der Waals surface area contributed by atoms with E-state index in [0.717, 1.165) is 11.0 Å². The van der Waals surface area contributed by atoms with E-state index in [1.54, 1.807) is 0 Å². The Morgan fingerprint density at radius 1 is 1.38 bits per heavy atom. The first-order valence-corrected chi connectivity index (χ1v) is 5.08. The summed E-state index contributed by atoms with van der Waals surface area (Å²) in [5, 5.41) is 12.2. The van der Waals surface area contributed by atoms with Crippen molar-refractivity contribution in [1.29, 1.82) is 0 Å². The van der Waals surface area contributed by atoms with Gasteiger partial charge in [0.15, 0.2) is 0 Å². The van der Waals surface area contributed by atoms with E-state index in [0.29, 0.717) is 0 Å². The van der Waals surface area contributed by atoms with E-state index in [-0.39, 0.29) is 12.5 Å². The summed E-state index contributed by atoms with van der Waals surface area (Å²) in [5.74, 6) is 0.193. The van der Waals surface area contributed by atoms with Gasteiger partial charge in [0.25, 0.3) is 0 Å². The van der Waals surface area contributed by atoms with Crippen molar-refractivity contribution in [2.24, 2.45) is 0 Å². The van der Waals surface area contributed by atoms with Gasteiger partial charge in [-0.3, -0.25) is 0 Å². The van der Waals surface area contributed by atoms with Crippen LogP contribution in [0.4, 0.5) is 0 Å². The van der Waals surface area contributed by atoms with E-state index < -0.39 is 0 Å². The summed E-state index contributed by atoms with van der Waals surface area (Å²) in [4.78, 5) is 0. The average molecular weight is 244 g/mol. The molecule has 1 rings (SSSR count). The molecule has 0 aliphatic heterocycles. The van der Waals surface area contributed by atoms with E-state index in [1.807, 2.05) is 31.3 Å². The van der Waals surface area contributed by atoms with Gasteiger partial charge < -0.3 is 10.4 Å². The van der Waals surface area contributed by atoms with Gasteiger partial charge in [0.05, 0.1) is 6.61 Å². The Balaban J connectivity index is 2.73. The van der Waals surface area contributed by atoms with Gasteiger partial charge in [-0.25, -0.2) is 0 Å². The molecule has 0 aromatic heterocycles. The molecule has 0 fully saturated rings. The minimum Gasteiger partial charge on any atom is -0.396 e. The quantitative estimate of drug-likeness (QED) is 0.845. The van der Waals surface area contributed by atoms with Crippen molar-refractivity contribution in [2.45, 2.75) is 5.92 Å². The molecule has 0 aliphatic rings. The molecule has 1 atom stereocenters. The zero-order valence-electron chi connectivity index (χ0n) is 7.63. The number of likely N-dealkylation sites (N-methyl/N-ethyl adjacent to an activating group) is 1. The molecule has 3 heteroatoms. The van der Waals surface area contributed by atoms with Crippen LogP contribution in [0.25, 0.3) is 0 Å². The lowest BCUT2D eigenvalue weighted by molar-refractivity contribution is 0.263. The Morgan fingerprint density at radius 2 is 2.00 bits per heavy atom. The second-order valence-corrected chi connectivity index (χ2v) is 3.90. The normalized spacial score (nSPS) is 12.8. The summed E-state index contributed by atoms with van der Waals surface area (Å²) in [7, 11) is 1.89. The van der Waals surface area contributed by atoms with Gasteiger partial charge in [0.1, 0.15) is 0 Å². The molecule has 0 spiro atoms. The molecule has 0 amide bonds. The summed E-state index contributed by atoms with van der Waals surface area (Å²) in [6, 6.07) is 8.05. The lowest BCUT2D eigenvalue weighted by Gasteiger charge is -2.13. The van der Waals surface area contributed by atoms with Crippen LogP contribution in [0, 0.1) is 0 Å². The highest BCUT2D eigenvalue weighted by Crippen LogP contribution is 2.17. The zero-order chi connectivity index (χ0) is 9.68. The van der Waals surface area contributed by atoms with Crippen molar-refractivity contribution < 1.29 is 5.11 Å². The van der Waals surface area contributed by atoms with E-state index in [2.05, 4.69) is 21.2 Å². The Labute approximate surface area is 87.1 Å². The topological polar surface area (TPSA) is 32.3 Å². The van der Waals surface area contributed by atoms with Crippen molar-refractivity contribution in [1.82, 2.24) is 5.32 Å². The van der Waals surface area contributed by atoms with E-state index in [9.17, 15) is 0 Å². The first kappa shape index (κ1) is 10.7. The van der Waals surface area contributed by atoms with Crippen LogP contribution in [0.3, 0.4) is 0 Å². The van der Waals surface area contributed by atoms with Gasteiger partial charge in [0.2, 0.25) is 0 Å². The van der Waals surface area contributed by atoms with Gasteiger partial charge in [-0.15, -0.1) is 0 Å². The van der Waals surface area contributed by atoms with Crippen LogP contribution < -0.4 is 5.32 Å². The van der Waals surface area contributed by atoms with Crippen molar-refractivity contribution >= 4 is 15.9 Å². The Hall–Kier alpha value is -0.380. The molecule has 0 bridgehead atoms. The first-order valence-electron chi connectivity index (χ1n) is 4.29.